The highest BCUT2D eigenvalue weighted by Gasteiger charge is 2.26. The maximum atomic E-state index is 4.52. The number of aryl methyl sites for hydroxylation is 2. The normalized spacial score (nSPS) is 25.2. The lowest BCUT2D eigenvalue weighted by atomic mass is 9.97. The van der Waals surface area contributed by atoms with Gasteiger partial charge in [0.1, 0.15) is 0 Å². The van der Waals surface area contributed by atoms with Crippen LogP contribution in [0.2, 0.25) is 0 Å². The molecule has 0 bridgehead atoms. The van der Waals surface area contributed by atoms with Gasteiger partial charge in [0.15, 0.2) is 0 Å². The molecule has 1 aromatic heterocycles. The van der Waals surface area contributed by atoms with Gasteiger partial charge in [-0.25, -0.2) is 0 Å². The van der Waals surface area contributed by atoms with Crippen molar-refractivity contribution in [2.45, 2.75) is 45.1 Å². The molecule has 0 radical (unpaired) electrons. The minimum absolute atomic E-state index is 0.708. The molecule has 0 aliphatic heterocycles. The van der Waals surface area contributed by atoms with E-state index in [1.165, 1.54) is 37.1 Å². The Bertz CT molecular complexity index is 343. The Kier molecular flexibility index (Phi) is 3.64. The topological polar surface area (TPSA) is 29.9 Å². The number of aromatic nitrogens is 2. The first-order chi connectivity index (χ1) is 7.74. The molecule has 1 fully saturated rings. The van der Waals surface area contributed by atoms with Crippen molar-refractivity contribution in [3.8, 4) is 0 Å². The maximum absolute atomic E-state index is 4.52. The monoisotopic (exact) mass is 221 g/mol. The summed E-state index contributed by atoms with van der Waals surface area (Å²) in [4.78, 5) is 0. The Morgan fingerprint density at radius 2 is 2.31 bits per heavy atom. The van der Waals surface area contributed by atoms with Crippen LogP contribution in [0.25, 0.3) is 0 Å². The minimum Gasteiger partial charge on any atom is -0.317 e. The van der Waals surface area contributed by atoms with Crippen molar-refractivity contribution >= 4 is 0 Å². The largest absolute Gasteiger partial charge is 0.317 e. The Labute approximate surface area is 98.2 Å². The summed E-state index contributed by atoms with van der Waals surface area (Å²) in [5.41, 5.74) is 2.61. The highest BCUT2D eigenvalue weighted by Crippen LogP contribution is 2.28. The van der Waals surface area contributed by atoms with Crippen LogP contribution in [0.4, 0.5) is 0 Å². The Morgan fingerprint density at radius 3 is 2.94 bits per heavy atom. The first-order valence-corrected chi connectivity index (χ1v) is 6.43. The van der Waals surface area contributed by atoms with E-state index in [2.05, 4.69) is 42.2 Å². The molecular formula is C13H23N3. The molecule has 2 rings (SSSR count). The van der Waals surface area contributed by atoms with Gasteiger partial charge in [-0.15, -0.1) is 0 Å². The smallest absolute Gasteiger partial charge is 0.0624 e. The van der Waals surface area contributed by atoms with E-state index in [-0.39, 0.29) is 0 Å². The highest BCUT2D eigenvalue weighted by atomic mass is 15.3. The molecule has 16 heavy (non-hydrogen) atoms. The van der Waals surface area contributed by atoms with E-state index < -0.39 is 0 Å². The first-order valence-electron chi connectivity index (χ1n) is 6.43. The van der Waals surface area contributed by atoms with E-state index in [0.29, 0.717) is 6.04 Å². The molecule has 1 N–H and O–H groups in total. The van der Waals surface area contributed by atoms with Gasteiger partial charge in [0.05, 0.1) is 5.69 Å². The summed E-state index contributed by atoms with van der Waals surface area (Å²) >= 11 is 0. The van der Waals surface area contributed by atoms with E-state index in [1.54, 1.807) is 0 Å². The van der Waals surface area contributed by atoms with Crippen molar-refractivity contribution < 1.29 is 0 Å². The zero-order valence-electron chi connectivity index (χ0n) is 10.7. The molecule has 0 amide bonds. The molecule has 1 aliphatic rings. The van der Waals surface area contributed by atoms with Crippen molar-refractivity contribution in [3.63, 3.8) is 0 Å². The standard InChI is InChI=1S/C13H23N3/c1-4-11-9-12(16(3)15-11)8-10-6-5-7-13(10)14-2/h9-10,13-14H,4-8H2,1-3H3. The van der Waals surface area contributed by atoms with E-state index >= 15 is 0 Å². The van der Waals surface area contributed by atoms with Crippen LogP contribution in [-0.4, -0.2) is 22.9 Å². The van der Waals surface area contributed by atoms with Gasteiger partial charge in [0.2, 0.25) is 0 Å². The van der Waals surface area contributed by atoms with Gasteiger partial charge in [-0.05, 0) is 44.7 Å². The van der Waals surface area contributed by atoms with Crippen molar-refractivity contribution in [2.75, 3.05) is 7.05 Å². The van der Waals surface area contributed by atoms with Gasteiger partial charge >= 0.3 is 0 Å². The lowest BCUT2D eigenvalue weighted by Crippen LogP contribution is -2.30. The first kappa shape index (κ1) is 11.6. The van der Waals surface area contributed by atoms with E-state index in [9.17, 15) is 0 Å². The molecule has 3 heteroatoms. The third kappa shape index (κ3) is 2.29. The molecule has 1 aromatic rings. The molecule has 2 unspecified atom stereocenters. The van der Waals surface area contributed by atoms with Crippen LogP contribution in [-0.2, 0) is 19.9 Å². The average molecular weight is 221 g/mol. The van der Waals surface area contributed by atoms with Crippen molar-refractivity contribution in [1.82, 2.24) is 15.1 Å². The number of hydrogen-bond donors (Lipinski definition) is 1. The van der Waals surface area contributed by atoms with Gasteiger partial charge in [-0.2, -0.15) is 5.10 Å². The second kappa shape index (κ2) is 5.00. The quantitative estimate of drug-likeness (QED) is 0.841. The van der Waals surface area contributed by atoms with Crippen LogP contribution >= 0.6 is 0 Å². The summed E-state index contributed by atoms with van der Waals surface area (Å²) < 4.78 is 2.06. The van der Waals surface area contributed by atoms with Gasteiger partial charge in [-0.3, -0.25) is 4.68 Å². The molecule has 1 aliphatic carbocycles. The van der Waals surface area contributed by atoms with Crippen LogP contribution in [0.15, 0.2) is 6.07 Å². The molecule has 90 valence electrons. The summed E-state index contributed by atoms with van der Waals surface area (Å²) in [6.07, 6.45) is 6.27. The summed E-state index contributed by atoms with van der Waals surface area (Å²) in [7, 11) is 4.15. The van der Waals surface area contributed by atoms with Gasteiger partial charge in [0.25, 0.3) is 0 Å². The number of hydrogen-bond acceptors (Lipinski definition) is 2. The van der Waals surface area contributed by atoms with Crippen LogP contribution in [0, 0.1) is 5.92 Å². The van der Waals surface area contributed by atoms with Gasteiger partial charge in [-0.1, -0.05) is 13.3 Å². The van der Waals surface area contributed by atoms with Crippen molar-refractivity contribution in [1.29, 1.82) is 0 Å². The zero-order chi connectivity index (χ0) is 11.5. The molecule has 0 aromatic carbocycles. The van der Waals surface area contributed by atoms with Crippen LogP contribution in [0.1, 0.15) is 37.6 Å². The van der Waals surface area contributed by atoms with Crippen LogP contribution in [0.3, 0.4) is 0 Å². The Hall–Kier alpha value is -0.830. The summed E-state index contributed by atoms with van der Waals surface area (Å²) in [6, 6.07) is 2.98. The average Bonchev–Trinajstić information content (AvgIpc) is 2.86. The Morgan fingerprint density at radius 1 is 1.50 bits per heavy atom. The molecule has 2 atom stereocenters. The fourth-order valence-corrected chi connectivity index (χ4v) is 2.87. The fraction of sp³-hybridized carbons (Fsp3) is 0.769. The van der Waals surface area contributed by atoms with E-state index in [4.69, 9.17) is 0 Å². The van der Waals surface area contributed by atoms with Crippen molar-refractivity contribution in [2.24, 2.45) is 13.0 Å². The molecule has 1 heterocycles. The predicted molar refractivity (Wildman–Crippen MR) is 66.5 cm³/mol. The van der Waals surface area contributed by atoms with Gasteiger partial charge in [0, 0.05) is 18.8 Å². The summed E-state index contributed by atoms with van der Waals surface area (Å²) in [5, 5.41) is 7.96. The lowest BCUT2D eigenvalue weighted by molar-refractivity contribution is 0.414. The zero-order valence-corrected chi connectivity index (χ0v) is 10.7. The molecule has 0 saturated heterocycles. The number of rotatable bonds is 4. The summed E-state index contributed by atoms with van der Waals surface area (Å²) in [6.45, 7) is 2.16. The van der Waals surface area contributed by atoms with Crippen LogP contribution in [0.5, 0.6) is 0 Å². The minimum atomic E-state index is 0.708. The second-order valence-electron chi connectivity index (χ2n) is 4.89. The second-order valence-corrected chi connectivity index (χ2v) is 4.89. The number of nitrogens with one attached hydrogen (secondary N) is 1. The van der Waals surface area contributed by atoms with Crippen LogP contribution < -0.4 is 5.32 Å². The predicted octanol–water partition coefficient (Wildman–Crippen LogP) is 1.91. The van der Waals surface area contributed by atoms with Crippen molar-refractivity contribution in [3.05, 3.63) is 17.5 Å². The van der Waals surface area contributed by atoms with E-state index in [0.717, 1.165) is 12.3 Å². The Balaban J connectivity index is 2.05. The number of nitrogens with zero attached hydrogens (tertiary/aromatic N) is 2. The molecule has 3 nitrogen and oxygen atoms in total. The van der Waals surface area contributed by atoms with E-state index in [1.807, 2.05) is 0 Å². The SMILES string of the molecule is CCc1cc(CC2CCCC2NC)n(C)n1. The lowest BCUT2D eigenvalue weighted by Gasteiger charge is -2.18. The molecular weight excluding hydrogens is 198 g/mol. The molecule has 0 spiro atoms. The highest BCUT2D eigenvalue weighted by molar-refractivity contribution is 5.11. The van der Waals surface area contributed by atoms with Gasteiger partial charge < -0.3 is 5.32 Å². The maximum Gasteiger partial charge on any atom is 0.0624 e. The fourth-order valence-electron chi connectivity index (χ4n) is 2.87. The third-order valence-corrected chi connectivity index (χ3v) is 3.89. The summed E-state index contributed by atoms with van der Waals surface area (Å²) in [5.74, 6) is 0.796. The molecule has 1 saturated carbocycles. The third-order valence-electron chi connectivity index (χ3n) is 3.89.